The molecule has 0 saturated carbocycles. The van der Waals surface area contributed by atoms with Gasteiger partial charge in [-0.2, -0.15) is 0 Å². The topological polar surface area (TPSA) is 45.8 Å². The van der Waals surface area contributed by atoms with E-state index < -0.39 is 0 Å². The minimum absolute atomic E-state index is 0.0520. The van der Waals surface area contributed by atoms with Crippen molar-refractivity contribution in [1.82, 2.24) is 9.97 Å². The number of hydrogen-bond acceptors (Lipinski definition) is 2. The molecule has 0 bridgehead atoms. The lowest BCUT2D eigenvalue weighted by atomic mass is 10.3. The van der Waals surface area contributed by atoms with Crippen molar-refractivity contribution in [3.8, 4) is 0 Å². The first-order valence-electron chi connectivity index (χ1n) is 4.29. The van der Waals surface area contributed by atoms with E-state index in [9.17, 15) is 4.79 Å². The lowest BCUT2D eigenvalue weighted by Gasteiger charge is -1.87. The van der Waals surface area contributed by atoms with Crippen LogP contribution in [-0.4, -0.2) is 15.8 Å². The third kappa shape index (κ3) is 1.33. The standard InChI is InChI=1S/C10H10N2O/c1-2-9(13)10-11-7-5-3-4-6-8(7)12-10/h3-6H,2H2,1H3,(H,11,12). The molecule has 0 radical (unpaired) electrons. The largest absolute Gasteiger partial charge is 0.335 e. The number of nitrogens with one attached hydrogen (secondary N) is 1. The molecule has 3 heteroatoms. The molecule has 0 spiro atoms. The van der Waals surface area contributed by atoms with Gasteiger partial charge in [-0.3, -0.25) is 4.79 Å². The van der Waals surface area contributed by atoms with Gasteiger partial charge in [0.25, 0.3) is 0 Å². The minimum Gasteiger partial charge on any atom is -0.335 e. The van der Waals surface area contributed by atoms with Crippen molar-refractivity contribution in [3.63, 3.8) is 0 Å². The average Bonchev–Trinajstić information content (AvgIpc) is 2.59. The van der Waals surface area contributed by atoms with E-state index in [-0.39, 0.29) is 5.78 Å². The smallest absolute Gasteiger partial charge is 0.197 e. The molecule has 2 aromatic rings. The first-order valence-corrected chi connectivity index (χ1v) is 4.29. The maximum atomic E-state index is 11.3. The van der Waals surface area contributed by atoms with Crippen LogP contribution in [0.2, 0.25) is 0 Å². The normalized spacial score (nSPS) is 10.5. The van der Waals surface area contributed by atoms with Crippen LogP contribution in [0.1, 0.15) is 24.0 Å². The van der Waals surface area contributed by atoms with Crippen molar-refractivity contribution >= 4 is 16.8 Å². The predicted octanol–water partition coefficient (Wildman–Crippen LogP) is 2.16. The van der Waals surface area contributed by atoms with Gasteiger partial charge in [-0.05, 0) is 12.1 Å². The summed E-state index contributed by atoms with van der Waals surface area (Å²) in [4.78, 5) is 18.5. The molecule has 13 heavy (non-hydrogen) atoms. The first-order chi connectivity index (χ1) is 6.31. The zero-order valence-electron chi connectivity index (χ0n) is 7.37. The third-order valence-electron chi connectivity index (χ3n) is 1.97. The van der Waals surface area contributed by atoms with E-state index in [0.717, 1.165) is 11.0 Å². The third-order valence-corrected chi connectivity index (χ3v) is 1.97. The number of nitrogens with zero attached hydrogens (tertiary/aromatic N) is 1. The van der Waals surface area contributed by atoms with E-state index in [1.165, 1.54) is 0 Å². The molecular weight excluding hydrogens is 164 g/mol. The molecule has 0 unspecified atom stereocenters. The van der Waals surface area contributed by atoms with E-state index in [2.05, 4.69) is 9.97 Å². The fourth-order valence-electron chi connectivity index (χ4n) is 1.25. The fraction of sp³-hybridized carbons (Fsp3) is 0.200. The molecule has 0 aliphatic rings. The number of aromatic amines is 1. The maximum Gasteiger partial charge on any atom is 0.197 e. The van der Waals surface area contributed by atoms with E-state index >= 15 is 0 Å². The van der Waals surface area contributed by atoms with E-state index in [0.29, 0.717) is 12.2 Å². The number of benzene rings is 1. The molecule has 1 N–H and O–H groups in total. The van der Waals surface area contributed by atoms with E-state index in [4.69, 9.17) is 0 Å². The van der Waals surface area contributed by atoms with Crippen molar-refractivity contribution < 1.29 is 4.79 Å². The van der Waals surface area contributed by atoms with Crippen LogP contribution in [0.3, 0.4) is 0 Å². The highest BCUT2D eigenvalue weighted by atomic mass is 16.1. The first kappa shape index (κ1) is 7.98. The highest BCUT2D eigenvalue weighted by Gasteiger charge is 2.07. The Labute approximate surface area is 75.8 Å². The lowest BCUT2D eigenvalue weighted by molar-refractivity contribution is 0.0979. The van der Waals surface area contributed by atoms with Crippen molar-refractivity contribution in [2.24, 2.45) is 0 Å². The van der Waals surface area contributed by atoms with E-state index in [1.807, 2.05) is 31.2 Å². The molecule has 0 aliphatic heterocycles. The Morgan fingerprint density at radius 3 is 2.92 bits per heavy atom. The van der Waals surface area contributed by atoms with Gasteiger partial charge in [-0.1, -0.05) is 19.1 Å². The summed E-state index contributed by atoms with van der Waals surface area (Å²) in [5, 5.41) is 0. The Bertz CT molecular complexity index is 412. The number of ketones is 1. The summed E-state index contributed by atoms with van der Waals surface area (Å²) in [7, 11) is 0. The predicted molar refractivity (Wildman–Crippen MR) is 50.7 cm³/mol. The summed E-state index contributed by atoms with van der Waals surface area (Å²) < 4.78 is 0. The summed E-state index contributed by atoms with van der Waals surface area (Å²) in [5.74, 6) is 0.514. The molecule has 1 aromatic heterocycles. The van der Waals surface area contributed by atoms with Gasteiger partial charge >= 0.3 is 0 Å². The van der Waals surface area contributed by atoms with Crippen molar-refractivity contribution in [3.05, 3.63) is 30.1 Å². The molecule has 0 amide bonds. The van der Waals surface area contributed by atoms with Gasteiger partial charge in [0.15, 0.2) is 11.6 Å². The van der Waals surface area contributed by atoms with Crippen molar-refractivity contribution in [1.29, 1.82) is 0 Å². The Balaban J connectivity index is 2.56. The quantitative estimate of drug-likeness (QED) is 0.709. The van der Waals surface area contributed by atoms with E-state index in [1.54, 1.807) is 0 Å². The minimum atomic E-state index is 0.0520. The van der Waals surface area contributed by atoms with Crippen LogP contribution in [0, 0.1) is 0 Å². The van der Waals surface area contributed by atoms with Gasteiger partial charge in [0.05, 0.1) is 11.0 Å². The number of hydrogen-bond donors (Lipinski definition) is 1. The summed E-state index contributed by atoms with van der Waals surface area (Å²) >= 11 is 0. The highest BCUT2D eigenvalue weighted by molar-refractivity contribution is 5.95. The fourth-order valence-corrected chi connectivity index (χ4v) is 1.25. The van der Waals surface area contributed by atoms with Crippen LogP contribution in [-0.2, 0) is 0 Å². The van der Waals surface area contributed by atoms with Gasteiger partial charge in [-0.15, -0.1) is 0 Å². The zero-order chi connectivity index (χ0) is 9.26. The number of para-hydroxylation sites is 2. The molecule has 1 aromatic carbocycles. The van der Waals surface area contributed by atoms with Gasteiger partial charge in [-0.25, -0.2) is 4.98 Å². The summed E-state index contributed by atoms with van der Waals surface area (Å²) in [6.07, 6.45) is 0.486. The highest BCUT2D eigenvalue weighted by Crippen LogP contribution is 2.10. The Hall–Kier alpha value is -1.64. The second-order valence-corrected chi connectivity index (χ2v) is 2.88. The van der Waals surface area contributed by atoms with Crippen LogP contribution in [0.5, 0.6) is 0 Å². The number of fused-ring (bicyclic) bond motifs is 1. The number of Topliss-reactive ketones (excluding diaryl/α,β-unsaturated/α-hetero) is 1. The van der Waals surface area contributed by atoms with Crippen LogP contribution < -0.4 is 0 Å². The monoisotopic (exact) mass is 174 g/mol. The molecule has 1 heterocycles. The molecule has 2 rings (SSSR count). The second-order valence-electron chi connectivity index (χ2n) is 2.88. The Morgan fingerprint density at radius 1 is 1.46 bits per heavy atom. The number of H-pyrrole nitrogens is 1. The molecular formula is C10H10N2O. The second kappa shape index (κ2) is 3.01. The number of carbonyl (C=O) groups excluding carboxylic acids is 1. The number of carbonyl (C=O) groups is 1. The Kier molecular flexibility index (Phi) is 1.85. The molecule has 0 saturated heterocycles. The summed E-state index contributed by atoms with van der Waals surface area (Å²) in [6, 6.07) is 7.62. The van der Waals surface area contributed by atoms with Gasteiger partial charge in [0, 0.05) is 6.42 Å². The number of rotatable bonds is 2. The summed E-state index contributed by atoms with van der Waals surface area (Å²) in [5.41, 5.74) is 1.76. The lowest BCUT2D eigenvalue weighted by Crippen LogP contribution is -1.98. The van der Waals surface area contributed by atoms with Crippen LogP contribution in [0.4, 0.5) is 0 Å². The van der Waals surface area contributed by atoms with Gasteiger partial charge in [0.1, 0.15) is 0 Å². The number of imidazole rings is 1. The van der Waals surface area contributed by atoms with Crippen LogP contribution in [0.15, 0.2) is 24.3 Å². The Morgan fingerprint density at radius 2 is 2.23 bits per heavy atom. The van der Waals surface area contributed by atoms with Gasteiger partial charge < -0.3 is 4.98 Å². The zero-order valence-corrected chi connectivity index (χ0v) is 7.37. The molecule has 66 valence electrons. The SMILES string of the molecule is CCC(=O)c1nc2ccccc2[nH]1. The van der Waals surface area contributed by atoms with Crippen LogP contribution >= 0.6 is 0 Å². The van der Waals surface area contributed by atoms with Crippen LogP contribution in [0.25, 0.3) is 11.0 Å². The maximum absolute atomic E-state index is 11.3. The molecule has 3 nitrogen and oxygen atoms in total. The van der Waals surface area contributed by atoms with Gasteiger partial charge in [0.2, 0.25) is 0 Å². The average molecular weight is 174 g/mol. The number of aromatic nitrogens is 2. The van der Waals surface area contributed by atoms with Crippen molar-refractivity contribution in [2.45, 2.75) is 13.3 Å². The molecule has 0 atom stereocenters. The summed E-state index contributed by atoms with van der Waals surface area (Å²) in [6.45, 7) is 1.83. The molecule has 0 aliphatic carbocycles. The van der Waals surface area contributed by atoms with Crippen molar-refractivity contribution in [2.75, 3.05) is 0 Å². The molecule has 0 fully saturated rings.